The van der Waals surface area contributed by atoms with Crippen LogP contribution in [0.3, 0.4) is 0 Å². The molecule has 1 saturated carbocycles. The van der Waals surface area contributed by atoms with E-state index in [2.05, 4.69) is 20.5 Å². The van der Waals surface area contributed by atoms with Crippen LogP contribution in [0.15, 0.2) is 4.99 Å². The van der Waals surface area contributed by atoms with Gasteiger partial charge in [-0.1, -0.05) is 12.8 Å². The first-order valence-electron chi connectivity index (χ1n) is 10.1. The minimum atomic E-state index is -3.04. The fourth-order valence-electron chi connectivity index (χ4n) is 4.58. The molecule has 0 spiro atoms. The number of piperidine rings is 1. The van der Waals surface area contributed by atoms with Gasteiger partial charge in [0.15, 0.2) is 5.96 Å². The molecule has 2 saturated heterocycles. The lowest BCUT2D eigenvalue weighted by Crippen LogP contribution is -2.47. The maximum atomic E-state index is 11.6. The highest BCUT2D eigenvalue weighted by Gasteiger charge is 2.30. The van der Waals surface area contributed by atoms with Crippen molar-refractivity contribution in [1.82, 2.24) is 19.8 Å². The Morgan fingerprint density at radius 1 is 1.08 bits per heavy atom. The van der Waals surface area contributed by atoms with E-state index in [1.165, 1.54) is 44.9 Å². The van der Waals surface area contributed by atoms with Gasteiger partial charge in [-0.3, -0.25) is 9.89 Å². The minimum Gasteiger partial charge on any atom is -0.356 e. The van der Waals surface area contributed by atoms with Crippen LogP contribution >= 0.6 is 0 Å². The Kier molecular flexibility index (Phi) is 6.80. The Morgan fingerprint density at radius 2 is 1.77 bits per heavy atom. The molecule has 26 heavy (non-hydrogen) atoms. The molecule has 0 aromatic rings. The maximum Gasteiger partial charge on any atom is 0.211 e. The van der Waals surface area contributed by atoms with Crippen LogP contribution in [0.1, 0.15) is 44.9 Å². The Balaban J connectivity index is 1.38. The van der Waals surface area contributed by atoms with Crippen LogP contribution in [-0.2, 0) is 10.0 Å². The van der Waals surface area contributed by atoms with E-state index in [4.69, 9.17) is 0 Å². The lowest BCUT2D eigenvalue weighted by molar-refractivity contribution is 0.242. The number of guanidine groups is 1. The predicted molar refractivity (Wildman–Crippen MR) is 106 cm³/mol. The van der Waals surface area contributed by atoms with Crippen molar-refractivity contribution in [2.75, 3.05) is 46.0 Å². The van der Waals surface area contributed by atoms with Crippen LogP contribution in [0.2, 0.25) is 0 Å². The average Bonchev–Trinajstić information content (AvgIpc) is 3.29. The van der Waals surface area contributed by atoms with Crippen LogP contribution in [0.5, 0.6) is 0 Å². The second kappa shape index (κ2) is 8.89. The van der Waals surface area contributed by atoms with Gasteiger partial charge in [-0.25, -0.2) is 12.7 Å². The highest BCUT2D eigenvalue weighted by Crippen LogP contribution is 2.26. The summed E-state index contributed by atoms with van der Waals surface area (Å²) in [6.07, 6.45) is 9.82. The molecule has 0 amide bonds. The van der Waals surface area contributed by atoms with E-state index in [-0.39, 0.29) is 0 Å². The van der Waals surface area contributed by atoms with Gasteiger partial charge in [0, 0.05) is 51.9 Å². The van der Waals surface area contributed by atoms with Crippen LogP contribution in [0.4, 0.5) is 0 Å². The molecule has 2 aliphatic heterocycles. The van der Waals surface area contributed by atoms with Crippen molar-refractivity contribution in [1.29, 1.82) is 0 Å². The van der Waals surface area contributed by atoms with Crippen molar-refractivity contribution in [2.45, 2.75) is 57.0 Å². The Bertz CT molecular complexity index is 580. The fraction of sp³-hybridized carbons (Fsp3) is 0.944. The molecule has 8 heteroatoms. The van der Waals surface area contributed by atoms with Gasteiger partial charge in [0.1, 0.15) is 0 Å². The van der Waals surface area contributed by atoms with Gasteiger partial charge in [0.05, 0.1) is 6.26 Å². The van der Waals surface area contributed by atoms with Crippen molar-refractivity contribution >= 4 is 16.0 Å². The van der Waals surface area contributed by atoms with Crippen molar-refractivity contribution in [2.24, 2.45) is 10.9 Å². The molecule has 0 bridgehead atoms. The molecule has 3 aliphatic rings. The number of aliphatic imine (C=N–C) groups is 1. The molecule has 7 nitrogen and oxygen atoms in total. The van der Waals surface area contributed by atoms with E-state index in [0.29, 0.717) is 25.0 Å². The zero-order valence-corrected chi connectivity index (χ0v) is 17.1. The van der Waals surface area contributed by atoms with Crippen LogP contribution in [-0.4, -0.2) is 81.7 Å². The number of hydrogen-bond donors (Lipinski definition) is 2. The van der Waals surface area contributed by atoms with Gasteiger partial charge < -0.3 is 10.6 Å². The Morgan fingerprint density at radius 3 is 2.38 bits per heavy atom. The molecule has 2 N–H and O–H groups in total. The van der Waals surface area contributed by atoms with Gasteiger partial charge >= 0.3 is 0 Å². The Labute approximate surface area is 158 Å². The summed E-state index contributed by atoms with van der Waals surface area (Å²) in [6.45, 7) is 4.45. The number of hydrogen-bond acceptors (Lipinski definition) is 4. The van der Waals surface area contributed by atoms with Crippen molar-refractivity contribution < 1.29 is 8.42 Å². The van der Waals surface area contributed by atoms with Gasteiger partial charge in [0.25, 0.3) is 0 Å². The number of nitrogens with zero attached hydrogens (tertiary/aromatic N) is 3. The van der Waals surface area contributed by atoms with E-state index in [0.717, 1.165) is 37.9 Å². The molecule has 0 aromatic carbocycles. The first-order chi connectivity index (χ1) is 12.5. The number of sulfonamides is 1. The summed E-state index contributed by atoms with van der Waals surface area (Å²) in [7, 11) is -1.22. The lowest BCUT2D eigenvalue weighted by atomic mass is 9.98. The minimum absolute atomic E-state index is 0.480. The first kappa shape index (κ1) is 19.9. The standard InChI is InChI=1S/C18H35N5O2S/c1-19-18(20-13-15-7-11-23(12-8-15)26(2,24)25)21-16-9-10-22(14-16)17-5-3-4-6-17/h15-17H,3-14H2,1-2H3,(H2,19,20,21). The zero-order chi connectivity index (χ0) is 18.6. The second-order valence-corrected chi connectivity index (χ2v) is 10.1. The highest BCUT2D eigenvalue weighted by atomic mass is 32.2. The molecule has 3 rings (SSSR count). The van der Waals surface area contributed by atoms with Crippen LogP contribution in [0.25, 0.3) is 0 Å². The van der Waals surface area contributed by atoms with Gasteiger partial charge in [0.2, 0.25) is 10.0 Å². The monoisotopic (exact) mass is 385 g/mol. The highest BCUT2D eigenvalue weighted by molar-refractivity contribution is 7.88. The van der Waals surface area contributed by atoms with Crippen molar-refractivity contribution in [3.8, 4) is 0 Å². The van der Waals surface area contributed by atoms with E-state index in [1.54, 1.807) is 4.31 Å². The van der Waals surface area contributed by atoms with Gasteiger partial charge in [-0.2, -0.15) is 0 Å². The summed E-state index contributed by atoms with van der Waals surface area (Å²) in [5, 5.41) is 7.04. The third-order valence-electron chi connectivity index (χ3n) is 6.23. The average molecular weight is 386 g/mol. The van der Waals surface area contributed by atoms with Crippen molar-refractivity contribution in [3.63, 3.8) is 0 Å². The summed E-state index contributed by atoms with van der Waals surface area (Å²) in [4.78, 5) is 7.03. The summed E-state index contributed by atoms with van der Waals surface area (Å²) in [5.74, 6) is 1.39. The molecule has 3 fully saturated rings. The predicted octanol–water partition coefficient (Wildman–Crippen LogP) is 0.840. The van der Waals surface area contributed by atoms with Crippen LogP contribution in [0, 0.1) is 5.92 Å². The third kappa shape index (κ3) is 5.33. The lowest BCUT2D eigenvalue weighted by Gasteiger charge is -2.30. The van der Waals surface area contributed by atoms with Crippen LogP contribution < -0.4 is 10.6 Å². The second-order valence-electron chi connectivity index (χ2n) is 8.12. The van der Waals surface area contributed by atoms with Crippen molar-refractivity contribution in [3.05, 3.63) is 0 Å². The molecule has 1 atom stereocenters. The normalized spacial score (nSPS) is 27.9. The molecule has 1 aliphatic carbocycles. The summed E-state index contributed by atoms with van der Waals surface area (Å²) in [6, 6.07) is 1.28. The third-order valence-corrected chi connectivity index (χ3v) is 7.53. The molecular weight excluding hydrogens is 350 g/mol. The fourth-order valence-corrected chi connectivity index (χ4v) is 5.45. The van der Waals surface area contributed by atoms with E-state index >= 15 is 0 Å². The van der Waals surface area contributed by atoms with Gasteiger partial charge in [-0.05, 0) is 38.0 Å². The van der Waals surface area contributed by atoms with Gasteiger partial charge in [-0.15, -0.1) is 0 Å². The number of nitrogens with one attached hydrogen (secondary N) is 2. The van der Waals surface area contributed by atoms with E-state index < -0.39 is 10.0 Å². The number of rotatable bonds is 5. The molecule has 0 radical (unpaired) electrons. The zero-order valence-electron chi connectivity index (χ0n) is 16.3. The largest absolute Gasteiger partial charge is 0.356 e. The maximum absolute atomic E-state index is 11.6. The summed E-state index contributed by atoms with van der Waals surface area (Å²) >= 11 is 0. The first-order valence-corrected chi connectivity index (χ1v) is 12.0. The summed E-state index contributed by atoms with van der Waals surface area (Å²) in [5.41, 5.74) is 0. The molecule has 2 heterocycles. The quantitative estimate of drug-likeness (QED) is 0.542. The number of likely N-dealkylation sites (tertiary alicyclic amines) is 1. The topological polar surface area (TPSA) is 77.0 Å². The molecule has 150 valence electrons. The smallest absolute Gasteiger partial charge is 0.211 e. The Hall–Kier alpha value is -0.860. The van der Waals surface area contributed by atoms with E-state index in [1.807, 2.05) is 7.05 Å². The molecule has 1 unspecified atom stereocenters. The molecule has 0 aromatic heterocycles. The summed E-state index contributed by atoms with van der Waals surface area (Å²) < 4.78 is 24.8. The van der Waals surface area contributed by atoms with E-state index in [9.17, 15) is 8.42 Å². The molecular formula is C18H35N5O2S. The SMILES string of the molecule is CN=C(NCC1CCN(S(C)(=O)=O)CC1)NC1CCN(C2CCCC2)C1.